The summed E-state index contributed by atoms with van der Waals surface area (Å²) in [5, 5.41) is 3.25. The molecule has 11 aromatic rings. The second kappa shape index (κ2) is 13.0. The van der Waals surface area contributed by atoms with E-state index >= 15 is 0 Å². The number of benzene rings is 8. The maximum absolute atomic E-state index is 9.25. The first-order chi connectivity index (χ1) is 29.4. The summed E-state index contributed by atoms with van der Waals surface area (Å²) in [6.07, 6.45) is 0. The molecule has 0 fully saturated rings. The van der Waals surface area contributed by atoms with Gasteiger partial charge in [-0.05, 0) is 64.7 Å². The summed E-state index contributed by atoms with van der Waals surface area (Å²) in [5.74, 6) is 1.45. The highest BCUT2D eigenvalue weighted by molar-refractivity contribution is 6.16. The van der Waals surface area contributed by atoms with E-state index in [0.29, 0.717) is 39.6 Å². The fourth-order valence-corrected chi connectivity index (χ4v) is 7.75. The lowest BCUT2D eigenvalue weighted by Crippen LogP contribution is -2.01. The van der Waals surface area contributed by atoms with Crippen molar-refractivity contribution in [2.75, 3.05) is 0 Å². The van der Waals surface area contributed by atoms with Gasteiger partial charge in [-0.15, -0.1) is 0 Å². The van der Waals surface area contributed by atoms with Crippen LogP contribution in [-0.4, -0.2) is 19.5 Å². The van der Waals surface area contributed by atoms with Crippen LogP contribution in [0.4, 0.5) is 0 Å². The third-order valence-electron chi connectivity index (χ3n) is 10.4. The van der Waals surface area contributed by atoms with Crippen molar-refractivity contribution in [3.05, 3.63) is 194 Å². The average Bonchev–Trinajstić information content (AvgIpc) is 3.87. The molecule has 0 aliphatic carbocycles. The van der Waals surface area contributed by atoms with Crippen LogP contribution in [0, 0.1) is 0 Å². The van der Waals surface area contributed by atoms with Crippen molar-refractivity contribution in [2.45, 2.75) is 0 Å². The second-order valence-electron chi connectivity index (χ2n) is 13.7. The minimum Gasteiger partial charge on any atom is -0.456 e. The fourth-order valence-electron chi connectivity index (χ4n) is 7.75. The smallest absolute Gasteiger partial charge is 0.164 e. The molecule has 0 atom stereocenters. The predicted molar refractivity (Wildman–Crippen MR) is 229 cm³/mol. The van der Waals surface area contributed by atoms with Gasteiger partial charge in [0.2, 0.25) is 0 Å². The van der Waals surface area contributed by atoms with Gasteiger partial charge in [-0.1, -0.05) is 152 Å². The molecule has 8 aromatic carbocycles. The van der Waals surface area contributed by atoms with Crippen LogP contribution in [0.5, 0.6) is 0 Å². The van der Waals surface area contributed by atoms with E-state index in [9.17, 15) is 2.74 Å². The van der Waals surface area contributed by atoms with E-state index in [2.05, 4.69) is 42.5 Å². The number of rotatable bonds is 6. The van der Waals surface area contributed by atoms with E-state index in [0.717, 1.165) is 66.2 Å². The molecule has 0 N–H and O–H groups in total. The number of para-hydroxylation sites is 2. The summed E-state index contributed by atoms with van der Waals surface area (Å²) in [6, 6.07) is 55.3. The minimum absolute atomic E-state index is 0.0877. The Kier molecular flexibility index (Phi) is 6.50. The van der Waals surface area contributed by atoms with Crippen molar-refractivity contribution in [3.8, 4) is 62.1 Å². The number of furan rings is 1. The molecule has 262 valence electrons. The van der Waals surface area contributed by atoms with Crippen molar-refractivity contribution in [3.63, 3.8) is 0 Å². The first-order valence-corrected chi connectivity index (χ1v) is 18.4. The van der Waals surface area contributed by atoms with Gasteiger partial charge in [-0.25, -0.2) is 15.0 Å². The molecule has 3 aromatic heterocycles. The lowest BCUT2D eigenvalue weighted by Gasteiger charge is -2.12. The Morgan fingerprint density at radius 1 is 0.411 bits per heavy atom. The van der Waals surface area contributed by atoms with Gasteiger partial charge < -0.3 is 8.98 Å². The maximum atomic E-state index is 9.25. The largest absolute Gasteiger partial charge is 0.456 e. The van der Waals surface area contributed by atoms with Crippen molar-refractivity contribution < 1.29 is 9.90 Å². The first kappa shape index (κ1) is 27.9. The molecule has 3 heterocycles. The van der Waals surface area contributed by atoms with Gasteiger partial charge in [0.1, 0.15) is 11.2 Å². The highest BCUT2D eigenvalue weighted by Crippen LogP contribution is 2.40. The maximum Gasteiger partial charge on any atom is 0.164 e. The van der Waals surface area contributed by atoms with E-state index in [4.69, 9.17) is 22.1 Å². The molecular weight excluding hydrogens is 685 g/mol. The van der Waals surface area contributed by atoms with Crippen LogP contribution in [0.25, 0.3) is 106 Å². The van der Waals surface area contributed by atoms with Crippen LogP contribution >= 0.6 is 0 Å². The second-order valence-corrected chi connectivity index (χ2v) is 13.7. The number of hydrogen-bond donors (Lipinski definition) is 0. The van der Waals surface area contributed by atoms with Gasteiger partial charge in [-0.2, -0.15) is 0 Å². The van der Waals surface area contributed by atoms with Crippen LogP contribution in [0.15, 0.2) is 198 Å². The monoisotopic (exact) mass is 720 g/mol. The topological polar surface area (TPSA) is 56.7 Å². The minimum atomic E-state index is -0.294. The number of nitrogens with zero attached hydrogens (tertiary/aromatic N) is 4. The van der Waals surface area contributed by atoms with Gasteiger partial charge in [0.25, 0.3) is 0 Å². The third kappa shape index (κ3) is 5.37. The Bertz CT molecular complexity index is 3470. The Hall–Kier alpha value is -7.63. The number of hydrogen-bond acceptors (Lipinski definition) is 4. The Balaban J connectivity index is 1.10. The highest BCUT2D eigenvalue weighted by atomic mass is 16.3. The summed E-state index contributed by atoms with van der Waals surface area (Å²) in [7, 11) is 0. The lowest BCUT2D eigenvalue weighted by atomic mass is 9.97. The molecule has 5 heteroatoms. The van der Waals surface area contributed by atoms with Gasteiger partial charge in [-0.3, -0.25) is 0 Å². The normalized spacial score (nSPS) is 12.6. The van der Waals surface area contributed by atoms with Gasteiger partial charge in [0.15, 0.2) is 17.5 Å². The van der Waals surface area contributed by atoms with Gasteiger partial charge in [0, 0.05) is 43.9 Å². The standard InChI is InChI=1S/C51H32N4O/c1-3-13-33(14-4-1)34-25-27-35(28-26-34)40-21-12-23-45-48(40)43-20-7-9-22-44(43)55(45)39-18-11-17-37(31-39)50-52-49(36-15-5-2-6-16-36)53-51(54-50)38-29-30-42-41-19-8-10-24-46(41)56-47(42)32-38/h1-32H/i7D,9D,20D,22D. The molecule has 5 nitrogen and oxygen atoms in total. The zero-order chi connectivity index (χ0) is 40.5. The van der Waals surface area contributed by atoms with E-state index in [1.54, 1.807) is 0 Å². The summed E-state index contributed by atoms with van der Waals surface area (Å²) in [6.45, 7) is 0. The first-order valence-electron chi connectivity index (χ1n) is 20.4. The quantitative estimate of drug-likeness (QED) is 0.172. The molecule has 0 radical (unpaired) electrons. The molecule has 0 saturated carbocycles. The average molecular weight is 721 g/mol. The van der Waals surface area contributed by atoms with Crippen LogP contribution in [0.3, 0.4) is 0 Å². The van der Waals surface area contributed by atoms with Crippen LogP contribution < -0.4 is 0 Å². The van der Waals surface area contributed by atoms with Crippen LogP contribution in [0.1, 0.15) is 5.48 Å². The molecule has 0 unspecified atom stereocenters. The summed E-state index contributed by atoms with van der Waals surface area (Å²) in [5.41, 5.74) is 9.71. The predicted octanol–water partition coefficient (Wildman–Crippen LogP) is 13.2. The van der Waals surface area contributed by atoms with Gasteiger partial charge >= 0.3 is 0 Å². The number of fused-ring (bicyclic) bond motifs is 6. The third-order valence-corrected chi connectivity index (χ3v) is 10.4. The zero-order valence-corrected chi connectivity index (χ0v) is 29.9. The van der Waals surface area contributed by atoms with Crippen molar-refractivity contribution in [1.82, 2.24) is 19.5 Å². The fraction of sp³-hybridized carbons (Fsp3) is 0. The molecule has 56 heavy (non-hydrogen) atoms. The lowest BCUT2D eigenvalue weighted by molar-refractivity contribution is 0.669. The summed E-state index contributed by atoms with van der Waals surface area (Å²) in [4.78, 5) is 15.0. The van der Waals surface area contributed by atoms with E-state index in [1.165, 1.54) is 0 Å². The molecular formula is C51H32N4O. The molecule has 0 spiro atoms. The Morgan fingerprint density at radius 3 is 1.80 bits per heavy atom. The Morgan fingerprint density at radius 2 is 1.00 bits per heavy atom. The van der Waals surface area contributed by atoms with Crippen molar-refractivity contribution in [1.29, 1.82) is 0 Å². The van der Waals surface area contributed by atoms with Crippen molar-refractivity contribution >= 4 is 43.7 Å². The Labute approximate surface area is 328 Å². The number of aromatic nitrogens is 4. The van der Waals surface area contributed by atoms with E-state index < -0.39 is 0 Å². The van der Waals surface area contributed by atoms with Crippen molar-refractivity contribution in [2.24, 2.45) is 0 Å². The molecule has 0 aliphatic rings. The van der Waals surface area contributed by atoms with Crippen LogP contribution in [0.2, 0.25) is 0 Å². The molecule has 0 amide bonds. The zero-order valence-electron chi connectivity index (χ0n) is 33.9. The highest BCUT2D eigenvalue weighted by Gasteiger charge is 2.18. The molecule has 0 saturated heterocycles. The summed E-state index contributed by atoms with van der Waals surface area (Å²) < 4.78 is 44.1. The van der Waals surface area contributed by atoms with E-state index in [1.807, 2.05) is 132 Å². The van der Waals surface area contributed by atoms with Crippen LogP contribution in [-0.2, 0) is 0 Å². The molecule has 0 aliphatic heterocycles. The van der Waals surface area contributed by atoms with E-state index in [-0.39, 0.29) is 24.2 Å². The molecule has 11 rings (SSSR count). The van der Waals surface area contributed by atoms with Gasteiger partial charge in [0.05, 0.1) is 16.5 Å². The SMILES string of the molecule is [2H]c1c([2H])c([2H])c2c(c1[2H])c1c(-c3ccc(-c4ccccc4)cc3)cccc1n2-c1cccc(-c2nc(-c3ccccc3)nc(-c3ccc4c(c3)oc3ccccc34)n2)c1. The molecule has 0 bridgehead atoms. The summed E-state index contributed by atoms with van der Waals surface area (Å²) >= 11 is 0.